The maximum Gasteiger partial charge on any atom is 0.277 e. The standard InChI is InChI=1S/C14H19N3O4S/c1-9-11(5-8-20-9)13-16-17-14(21-13)22-10(2)12(18)15-6-4-7-19-3/h5,8,10H,4,6-7H2,1-3H3,(H,15,18). The van der Waals surface area contributed by atoms with E-state index in [1.54, 1.807) is 26.4 Å². The van der Waals surface area contributed by atoms with Crippen molar-refractivity contribution in [2.45, 2.75) is 30.7 Å². The second-order valence-electron chi connectivity index (χ2n) is 4.66. The number of carbonyl (C=O) groups is 1. The van der Waals surface area contributed by atoms with E-state index in [-0.39, 0.29) is 11.2 Å². The first kappa shape index (κ1) is 16.6. The van der Waals surface area contributed by atoms with Gasteiger partial charge < -0.3 is 18.9 Å². The lowest BCUT2D eigenvalue weighted by Gasteiger charge is -2.09. The molecule has 2 aromatic heterocycles. The zero-order valence-electron chi connectivity index (χ0n) is 12.8. The molecule has 0 saturated heterocycles. The first-order valence-electron chi connectivity index (χ1n) is 6.93. The van der Waals surface area contributed by atoms with Crippen LogP contribution in [0, 0.1) is 6.92 Å². The molecule has 1 atom stereocenters. The van der Waals surface area contributed by atoms with Gasteiger partial charge in [-0.25, -0.2) is 0 Å². The molecule has 1 unspecified atom stereocenters. The lowest BCUT2D eigenvalue weighted by molar-refractivity contribution is -0.120. The van der Waals surface area contributed by atoms with E-state index in [9.17, 15) is 4.79 Å². The summed E-state index contributed by atoms with van der Waals surface area (Å²) in [6, 6.07) is 1.77. The van der Waals surface area contributed by atoms with Crippen molar-refractivity contribution in [1.82, 2.24) is 15.5 Å². The fourth-order valence-corrected chi connectivity index (χ4v) is 2.46. The molecule has 2 heterocycles. The minimum absolute atomic E-state index is 0.0691. The van der Waals surface area contributed by atoms with Gasteiger partial charge in [-0.1, -0.05) is 11.8 Å². The first-order valence-corrected chi connectivity index (χ1v) is 7.81. The lowest BCUT2D eigenvalue weighted by Crippen LogP contribution is -2.32. The summed E-state index contributed by atoms with van der Waals surface area (Å²) in [7, 11) is 1.63. The molecule has 120 valence electrons. The SMILES string of the molecule is COCCCNC(=O)C(C)Sc1nnc(-c2ccoc2C)o1. The molecule has 8 heteroatoms. The Morgan fingerprint density at radius 3 is 3.00 bits per heavy atom. The van der Waals surface area contributed by atoms with Crippen LogP contribution >= 0.6 is 11.8 Å². The lowest BCUT2D eigenvalue weighted by atomic mass is 10.3. The van der Waals surface area contributed by atoms with Crippen molar-refractivity contribution in [2.24, 2.45) is 0 Å². The highest BCUT2D eigenvalue weighted by atomic mass is 32.2. The van der Waals surface area contributed by atoms with Gasteiger partial charge in [0.2, 0.25) is 5.91 Å². The predicted octanol–water partition coefficient (Wildman–Crippen LogP) is 2.27. The monoisotopic (exact) mass is 325 g/mol. The highest BCUT2D eigenvalue weighted by Crippen LogP contribution is 2.28. The zero-order valence-corrected chi connectivity index (χ0v) is 13.6. The van der Waals surface area contributed by atoms with Crippen LogP contribution in [0.4, 0.5) is 0 Å². The van der Waals surface area contributed by atoms with Gasteiger partial charge in [0.15, 0.2) is 0 Å². The van der Waals surface area contributed by atoms with E-state index >= 15 is 0 Å². The largest absolute Gasteiger partial charge is 0.469 e. The number of hydrogen-bond donors (Lipinski definition) is 1. The molecular formula is C14H19N3O4S. The van der Waals surface area contributed by atoms with Gasteiger partial charge >= 0.3 is 0 Å². The number of ether oxygens (including phenoxy) is 1. The average molecular weight is 325 g/mol. The van der Waals surface area contributed by atoms with Gasteiger partial charge in [-0.15, -0.1) is 10.2 Å². The van der Waals surface area contributed by atoms with E-state index in [2.05, 4.69) is 15.5 Å². The predicted molar refractivity (Wildman–Crippen MR) is 81.6 cm³/mol. The number of nitrogens with zero attached hydrogens (tertiary/aromatic N) is 2. The molecule has 0 aliphatic carbocycles. The molecule has 0 aliphatic heterocycles. The Hall–Kier alpha value is -1.80. The normalized spacial score (nSPS) is 12.3. The van der Waals surface area contributed by atoms with Crippen LogP contribution in [0.3, 0.4) is 0 Å². The van der Waals surface area contributed by atoms with Crippen molar-refractivity contribution in [3.05, 3.63) is 18.1 Å². The molecule has 0 bridgehead atoms. The zero-order chi connectivity index (χ0) is 15.9. The van der Waals surface area contributed by atoms with Gasteiger partial charge in [-0.2, -0.15) is 0 Å². The Balaban J connectivity index is 1.87. The van der Waals surface area contributed by atoms with Gasteiger partial charge in [-0.3, -0.25) is 4.79 Å². The van der Waals surface area contributed by atoms with Crippen molar-refractivity contribution in [3.8, 4) is 11.5 Å². The fraction of sp³-hybridized carbons (Fsp3) is 0.500. The summed E-state index contributed by atoms with van der Waals surface area (Å²) in [5.74, 6) is 1.03. The van der Waals surface area contributed by atoms with E-state index in [4.69, 9.17) is 13.6 Å². The third-order valence-corrected chi connectivity index (χ3v) is 3.90. The van der Waals surface area contributed by atoms with Crippen LogP contribution in [0.1, 0.15) is 19.1 Å². The molecule has 0 radical (unpaired) electrons. The summed E-state index contributed by atoms with van der Waals surface area (Å²) in [5, 5.41) is 10.8. The average Bonchev–Trinajstić information content (AvgIpc) is 3.12. The number of furan rings is 1. The number of thioether (sulfide) groups is 1. The third kappa shape index (κ3) is 4.35. The fourth-order valence-electron chi connectivity index (χ4n) is 1.75. The molecule has 0 saturated carbocycles. The number of aromatic nitrogens is 2. The highest BCUT2D eigenvalue weighted by molar-refractivity contribution is 8.00. The second kappa shape index (κ2) is 8.00. The summed E-state index contributed by atoms with van der Waals surface area (Å²) in [5.41, 5.74) is 0.760. The molecule has 1 amide bonds. The van der Waals surface area contributed by atoms with Gasteiger partial charge in [0.05, 0.1) is 17.1 Å². The van der Waals surface area contributed by atoms with Crippen LogP contribution in [-0.4, -0.2) is 41.6 Å². The molecule has 1 N–H and O–H groups in total. The van der Waals surface area contributed by atoms with Gasteiger partial charge in [0.1, 0.15) is 5.76 Å². The maximum absolute atomic E-state index is 11.9. The Kier molecular flexibility index (Phi) is 6.02. The van der Waals surface area contributed by atoms with Crippen molar-refractivity contribution in [3.63, 3.8) is 0 Å². The van der Waals surface area contributed by atoms with Crippen LogP contribution in [0.25, 0.3) is 11.5 Å². The molecular weight excluding hydrogens is 306 g/mol. The minimum atomic E-state index is -0.318. The second-order valence-corrected chi connectivity index (χ2v) is 5.95. The molecule has 7 nitrogen and oxygen atoms in total. The Morgan fingerprint density at radius 2 is 2.32 bits per heavy atom. The molecule has 2 aromatic rings. The van der Waals surface area contributed by atoms with Crippen LogP contribution in [-0.2, 0) is 9.53 Å². The highest BCUT2D eigenvalue weighted by Gasteiger charge is 2.19. The summed E-state index contributed by atoms with van der Waals surface area (Å²) >= 11 is 1.23. The van der Waals surface area contributed by atoms with Gasteiger partial charge in [0, 0.05) is 20.3 Å². The van der Waals surface area contributed by atoms with E-state index in [1.807, 2.05) is 6.92 Å². The van der Waals surface area contributed by atoms with Crippen LogP contribution in [0.5, 0.6) is 0 Å². The molecule has 2 rings (SSSR count). The number of amides is 1. The van der Waals surface area contributed by atoms with Crippen LogP contribution in [0.15, 0.2) is 26.4 Å². The van der Waals surface area contributed by atoms with Crippen molar-refractivity contribution < 1.29 is 18.4 Å². The van der Waals surface area contributed by atoms with Gasteiger partial charge in [0.25, 0.3) is 11.1 Å². The molecule has 22 heavy (non-hydrogen) atoms. The molecule has 0 fully saturated rings. The Labute approximate surface area is 132 Å². The van der Waals surface area contributed by atoms with E-state index in [1.165, 1.54) is 11.8 Å². The minimum Gasteiger partial charge on any atom is -0.469 e. The number of carbonyl (C=O) groups excluding carboxylic acids is 1. The Bertz CT molecular complexity index is 611. The molecule has 0 aromatic carbocycles. The maximum atomic E-state index is 11.9. The number of rotatable bonds is 8. The number of hydrogen-bond acceptors (Lipinski definition) is 7. The molecule has 0 aliphatic rings. The number of methoxy groups -OCH3 is 1. The Morgan fingerprint density at radius 1 is 1.50 bits per heavy atom. The number of aryl methyl sites for hydroxylation is 1. The first-order chi connectivity index (χ1) is 10.6. The quantitative estimate of drug-likeness (QED) is 0.588. The topological polar surface area (TPSA) is 90.4 Å². The van der Waals surface area contributed by atoms with Gasteiger partial charge in [-0.05, 0) is 26.3 Å². The van der Waals surface area contributed by atoms with Crippen molar-refractivity contribution in [2.75, 3.05) is 20.3 Å². The summed E-state index contributed by atoms with van der Waals surface area (Å²) in [6.45, 7) is 4.82. The molecule has 0 spiro atoms. The smallest absolute Gasteiger partial charge is 0.277 e. The van der Waals surface area contributed by atoms with Crippen LogP contribution < -0.4 is 5.32 Å². The van der Waals surface area contributed by atoms with E-state index < -0.39 is 0 Å². The van der Waals surface area contributed by atoms with E-state index in [0.29, 0.717) is 30.0 Å². The summed E-state index contributed by atoms with van der Waals surface area (Å²) in [6.07, 6.45) is 2.35. The van der Waals surface area contributed by atoms with Crippen molar-refractivity contribution >= 4 is 17.7 Å². The third-order valence-electron chi connectivity index (χ3n) is 2.97. The summed E-state index contributed by atoms with van der Waals surface area (Å²) in [4.78, 5) is 11.9. The van der Waals surface area contributed by atoms with Crippen LogP contribution in [0.2, 0.25) is 0 Å². The van der Waals surface area contributed by atoms with E-state index in [0.717, 1.165) is 12.0 Å². The number of nitrogens with one attached hydrogen (secondary N) is 1. The summed E-state index contributed by atoms with van der Waals surface area (Å²) < 4.78 is 15.7. The van der Waals surface area contributed by atoms with Crippen molar-refractivity contribution in [1.29, 1.82) is 0 Å².